The lowest BCUT2D eigenvalue weighted by molar-refractivity contribution is -0.123. The summed E-state index contributed by atoms with van der Waals surface area (Å²) < 4.78 is 5.55. The van der Waals surface area contributed by atoms with E-state index in [0.29, 0.717) is 16.8 Å². The zero-order valence-corrected chi connectivity index (χ0v) is 27.2. The summed E-state index contributed by atoms with van der Waals surface area (Å²) in [7, 11) is 0. The van der Waals surface area contributed by atoms with Crippen molar-refractivity contribution < 1.29 is 43.7 Å². The number of nitrogens with zero attached hydrogens (tertiary/aromatic N) is 1. The van der Waals surface area contributed by atoms with Gasteiger partial charge in [-0.15, -0.1) is 0 Å². The van der Waals surface area contributed by atoms with Crippen molar-refractivity contribution in [2.75, 3.05) is 16.0 Å². The molecule has 0 saturated carbocycles. The molecule has 1 atom stereocenters. The molecule has 260 valence electrons. The van der Waals surface area contributed by atoms with Gasteiger partial charge in [-0.05, 0) is 98.8 Å². The van der Waals surface area contributed by atoms with Crippen molar-refractivity contribution in [1.29, 1.82) is 5.26 Å². The van der Waals surface area contributed by atoms with Gasteiger partial charge in [0, 0.05) is 28.1 Å². The summed E-state index contributed by atoms with van der Waals surface area (Å²) in [6.07, 6.45) is -0.978. The van der Waals surface area contributed by atoms with Gasteiger partial charge < -0.3 is 42.0 Å². The zero-order valence-electron chi connectivity index (χ0n) is 27.2. The monoisotopic (exact) mass is 692 g/mol. The van der Waals surface area contributed by atoms with E-state index in [9.17, 15) is 39.0 Å². The highest BCUT2D eigenvalue weighted by Gasteiger charge is 2.25. The van der Waals surface area contributed by atoms with Gasteiger partial charge in [0.15, 0.2) is 11.5 Å². The second-order valence-corrected chi connectivity index (χ2v) is 11.2. The Hall–Kier alpha value is -7.21. The maximum atomic E-state index is 13.1. The van der Waals surface area contributed by atoms with Crippen molar-refractivity contribution in [1.82, 2.24) is 5.32 Å². The van der Waals surface area contributed by atoms with Crippen molar-refractivity contribution in [3.8, 4) is 17.6 Å². The van der Waals surface area contributed by atoms with Gasteiger partial charge in [-0.1, -0.05) is 0 Å². The second kappa shape index (κ2) is 16.3. The molecule has 0 aromatic heterocycles. The first-order chi connectivity index (χ1) is 24.2. The number of hydrogen-bond donors (Lipinski definition) is 7. The van der Waals surface area contributed by atoms with E-state index in [-0.39, 0.29) is 28.3 Å². The molecule has 8 N–H and O–H groups in total. The molecule has 0 saturated heterocycles. The number of hydrogen-bond acceptors (Lipinski definition) is 9. The van der Waals surface area contributed by atoms with E-state index in [1.165, 1.54) is 78.9 Å². The predicted octanol–water partition coefficient (Wildman–Crippen LogP) is 3.87. The number of aromatic hydroxyl groups is 1. The van der Waals surface area contributed by atoms with Crippen LogP contribution < -0.4 is 31.7 Å². The third kappa shape index (κ3) is 9.67. The molecule has 4 rings (SSSR count). The van der Waals surface area contributed by atoms with Crippen LogP contribution in [0.4, 0.5) is 17.1 Å². The number of primary amides is 1. The normalized spacial score (nSPS) is 11.0. The van der Waals surface area contributed by atoms with Crippen LogP contribution in [-0.2, 0) is 9.59 Å². The Kier molecular flexibility index (Phi) is 11.7. The summed E-state index contributed by atoms with van der Waals surface area (Å²) in [5.41, 5.74) is 6.53. The Bertz CT molecular complexity index is 2020. The number of carboxylic acids is 1. The van der Waals surface area contributed by atoms with Gasteiger partial charge in [-0.2, -0.15) is 5.26 Å². The number of ether oxygens (including phenoxy) is 1. The highest BCUT2D eigenvalue weighted by molar-refractivity contribution is 6.07. The summed E-state index contributed by atoms with van der Waals surface area (Å²) in [6.45, 7) is 3.32. The molecule has 0 fully saturated rings. The van der Waals surface area contributed by atoms with Crippen LogP contribution >= 0.6 is 0 Å². The molecule has 0 aliphatic carbocycles. The largest absolute Gasteiger partial charge is 0.504 e. The van der Waals surface area contributed by atoms with Crippen molar-refractivity contribution in [3.63, 3.8) is 0 Å². The highest BCUT2D eigenvalue weighted by atomic mass is 16.5. The molecular formula is C36H32N6O9. The molecule has 0 spiro atoms. The van der Waals surface area contributed by atoms with Gasteiger partial charge in [-0.3, -0.25) is 24.0 Å². The van der Waals surface area contributed by atoms with Gasteiger partial charge in [-0.25, -0.2) is 4.79 Å². The number of carbonyl (C=O) groups excluding carboxylic acids is 5. The number of nitrogens with one attached hydrogen (secondary N) is 4. The number of carbonyl (C=O) groups is 6. The third-order valence-corrected chi connectivity index (χ3v) is 7.09. The maximum absolute atomic E-state index is 13.1. The number of amides is 5. The minimum atomic E-state index is -1.38. The van der Waals surface area contributed by atoms with Crippen LogP contribution in [0.25, 0.3) is 0 Å². The fourth-order valence-corrected chi connectivity index (χ4v) is 4.58. The molecule has 0 aliphatic rings. The minimum absolute atomic E-state index is 0.0288. The number of nitrogens with two attached hydrogens (primary N) is 1. The van der Waals surface area contributed by atoms with Gasteiger partial charge in [0.25, 0.3) is 17.7 Å². The lowest BCUT2D eigenvalue weighted by Crippen LogP contribution is -2.46. The van der Waals surface area contributed by atoms with Crippen LogP contribution in [-0.4, -0.2) is 57.9 Å². The van der Waals surface area contributed by atoms with E-state index in [2.05, 4.69) is 21.3 Å². The summed E-state index contributed by atoms with van der Waals surface area (Å²) in [5, 5.41) is 38.9. The zero-order chi connectivity index (χ0) is 37.2. The van der Waals surface area contributed by atoms with Gasteiger partial charge in [0.2, 0.25) is 11.8 Å². The average Bonchev–Trinajstić information content (AvgIpc) is 3.09. The standard InChI is InChI=1S/C36H32N6O9/c1-19(2)51-31-27(16-15-26(30(31)44)36(49)50)41-33(46)22-9-13-25(14-10-22)40-35(48)28(17-29(38)43)42-34(47)23-7-11-24(12-8-23)39-32(45)21-5-3-20(18-37)4-6-21/h3-16,19,28,44H,17H2,1-2H3,(H2,38,43)(H,39,45)(H,40,48)(H,41,46)(H,42,47)(H,49,50). The minimum Gasteiger partial charge on any atom is -0.504 e. The number of benzene rings is 4. The lowest BCUT2D eigenvalue weighted by atomic mass is 10.1. The van der Waals surface area contributed by atoms with Crippen molar-refractivity contribution in [3.05, 3.63) is 113 Å². The van der Waals surface area contributed by atoms with E-state index >= 15 is 0 Å². The summed E-state index contributed by atoms with van der Waals surface area (Å²) in [4.78, 5) is 74.7. The molecule has 0 aliphatic heterocycles. The van der Waals surface area contributed by atoms with Gasteiger partial charge >= 0.3 is 5.97 Å². The number of rotatable bonds is 13. The molecule has 15 nitrogen and oxygen atoms in total. The Labute approximate surface area is 291 Å². The predicted molar refractivity (Wildman–Crippen MR) is 184 cm³/mol. The Morgan fingerprint density at radius 3 is 1.76 bits per heavy atom. The first kappa shape index (κ1) is 36.6. The molecule has 0 bridgehead atoms. The number of carboxylic acid groups (broad SMARTS) is 1. The first-order valence-electron chi connectivity index (χ1n) is 15.2. The van der Waals surface area contributed by atoms with Crippen LogP contribution in [0.3, 0.4) is 0 Å². The summed E-state index contributed by atoms with van der Waals surface area (Å²) in [6, 6.07) is 20.4. The molecule has 4 aromatic rings. The van der Waals surface area contributed by atoms with E-state index in [1.54, 1.807) is 13.8 Å². The van der Waals surface area contributed by atoms with E-state index in [1.807, 2.05) is 6.07 Å². The van der Waals surface area contributed by atoms with Gasteiger partial charge in [0.05, 0.1) is 29.8 Å². The van der Waals surface area contributed by atoms with Crippen LogP contribution in [0.5, 0.6) is 11.5 Å². The number of nitriles is 1. The number of anilines is 3. The number of aromatic carboxylic acids is 1. The molecule has 51 heavy (non-hydrogen) atoms. The van der Waals surface area contributed by atoms with Crippen LogP contribution in [0.2, 0.25) is 0 Å². The van der Waals surface area contributed by atoms with Crippen LogP contribution in [0, 0.1) is 11.3 Å². The quantitative estimate of drug-likeness (QED) is 0.107. The number of phenols is 1. The molecule has 15 heteroatoms. The second-order valence-electron chi connectivity index (χ2n) is 11.2. The summed E-state index contributed by atoms with van der Waals surface area (Å²) in [5.74, 6) is -5.63. The maximum Gasteiger partial charge on any atom is 0.339 e. The topological polar surface area (TPSA) is 250 Å². The highest BCUT2D eigenvalue weighted by Crippen LogP contribution is 2.38. The van der Waals surface area contributed by atoms with E-state index < -0.39 is 65.4 Å². The smallest absolute Gasteiger partial charge is 0.339 e. The van der Waals surface area contributed by atoms with Crippen molar-refractivity contribution in [2.24, 2.45) is 5.73 Å². The van der Waals surface area contributed by atoms with Crippen molar-refractivity contribution >= 4 is 52.6 Å². The SMILES string of the molecule is CC(C)Oc1c(NC(=O)c2ccc(NC(=O)C(CC(N)=O)NC(=O)c3ccc(NC(=O)c4ccc(C#N)cc4)cc3)cc2)ccc(C(=O)O)c1O. The fraction of sp³-hybridized carbons (Fsp3) is 0.139. The Morgan fingerprint density at radius 1 is 0.745 bits per heavy atom. The fourth-order valence-electron chi connectivity index (χ4n) is 4.58. The van der Waals surface area contributed by atoms with E-state index in [4.69, 9.17) is 15.7 Å². The Morgan fingerprint density at radius 2 is 1.25 bits per heavy atom. The average molecular weight is 693 g/mol. The van der Waals surface area contributed by atoms with Gasteiger partial charge in [0.1, 0.15) is 11.6 Å². The molecule has 4 aromatic carbocycles. The van der Waals surface area contributed by atoms with Crippen molar-refractivity contribution in [2.45, 2.75) is 32.4 Å². The summed E-state index contributed by atoms with van der Waals surface area (Å²) >= 11 is 0. The van der Waals surface area contributed by atoms with Crippen LogP contribution in [0.1, 0.15) is 67.3 Å². The molecule has 5 amide bonds. The molecule has 0 heterocycles. The Balaban J connectivity index is 1.39. The first-order valence-corrected chi connectivity index (χ1v) is 15.2. The van der Waals surface area contributed by atoms with Crippen LogP contribution in [0.15, 0.2) is 84.9 Å². The molecule has 0 radical (unpaired) electrons. The third-order valence-electron chi connectivity index (χ3n) is 7.09. The van der Waals surface area contributed by atoms with E-state index in [0.717, 1.165) is 6.07 Å². The molecule has 1 unspecified atom stereocenters. The lowest BCUT2D eigenvalue weighted by Gasteiger charge is -2.18. The molecular weight excluding hydrogens is 660 g/mol.